The summed E-state index contributed by atoms with van der Waals surface area (Å²) >= 11 is 0. The zero-order chi connectivity index (χ0) is 20.3. The van der Waals surface area contributed by atoms with Crippen molar-refractivity contribution >= 4 is 17.2 Å². The second kappa shape index (κ2) is 8.09. The van der Waals surface area contributed by atoms with E-state index < -0.39 is 0 Å². The molecule has 3 aromatic carbocycles. The van der Waals surface area contributed by atoms with E-state index in [0.29, 0.717) is 31.8 Å². The molecule has 0 saturated carbocycles. The molecule has 0 aliphatic carbocycles. The van der Waals surface area contributed by atoms with Gasteiger partial charge in [0.25, 0.3) is 0 Å². The normalized spacial score (nSPS) is 14.8. The van der Waals surface area contributed by atoms with Gasteiger partial charge in [-0.3, -0.25) is 4.79 Å². The molecule has 148 valence electrons. The lowest BCUT2D eigenvalue weighted by Gasteiger charge is -2.07. The lowest BCUT2D eigenvalue weighted by Crippen LogP contribution is -2.14. The molecule has 0 aromatic heterocycles. The van der Waals surface area contributed by atoms with Gasteiger partial charge < -0.3 is 9.47 Å². The molecule has 4 heteroatoms. The van der Waals surface area contributed by atoms with E-state index in [-0.39, 0.29) is 5.78 Å². The summed E-state index contributed by atoms with van der Waals surface area (Å²) in [6.07, 6.45) is 2.93. The van der Waals surface area contributed by atoms with Crippen LogP contribution in [-0.4, -0.2) is 11.5 Å². The molecule has 0 amide bonds. The number of hydrogen-bond acceptors (Lipinski definition) is 4. The van der Waals surface area contributed by atoms with E-state index in [9.17, 15) is 4.79 Å². The van der Waals surface area contributed by atoms with Gasteiger partial charge in [0.05, 0.1) is 24.6 Å². The van der Waals surface area contributed by atoms with Crippen molar-refractivity contribution in [3.8, 4) is 11.5 Å². The van der Waals surface area contributed by atoms with Gasteiger partial charge in [0.15, 0.2) is 5.78 Å². The van der Waals surface area contributed by atoms with Crippen molar-refractivity contribution in [3.63, 3.8) is 0 Å². The third-order valence-electron chi connectivity index (χ3n) is 5.33. The number of hydrogen-bond donors (Lipinski definition) is 0. The van der Waals surface area contributed by atoms with Gasteiger partial charge in [-0.1, -0.05) is 54.6 Å². The van der Waals surface area contributed by atoms with Crippen molar-refractivity contribution in [2.45, 2.75) is 26.1 Å². The predicted octanol–water partition coefficient (Wildman–Crippen LogP) is 5.51. The molecule has 4 nitrogen and oxygen atoms in total. The summed E-state index contributed by atoms with van der Waals surface area (Å²) in [5.41, 5.74) is 5.78. The van der Waals surface area contributed by atoms with E-state index >= 15 is 0 Å². The van der Waals surface area contributed by atoms with E-state index in [2.05, 4.69) is 17.1 Å². The fourth-order valence-corrected chi connectivity index (χ4v) is 3.75. The molecule has 3 aromatic rings. The molecular weight excluding hydrogens is 374 g/mol. The van der Waals surface area contributed by atoms with Crippen LogP contribution >= 0.6 is 0 Å². The largest absolute Gasteiger partial charge is 0.457 e. The average molecular weight is 395 g/mol. The Labute approximate surface area is 175 Å². The van der Waals surface area contributed by atoms with Crippen LogP contribution in [0.25, 0.3) is 5.70 Å². The van der Waals surface area contributed by atoms with Gasteiger partial charge in [-0.2, -0.15) is 0 Å². The lowest BCUT2D eigenvalue weighted by molar-refractivity contribution is -0.112. The topological polar surface area (TPSA) is 47.9 Å². The molecule has 5 rings (SSSR count). The van der Waals surface area contributed by atoms with Gasteiger partial charge in [-0.05, 0) is 41.0 Å². The first-order valence-corrected chi connectivity index (χ1v) is 10.1. The molecule has 0 unspecified atom stereocenters. The van der Waals surface area contributed by atoms with Gasteiger partial charge in [0, 0.05) is 18.4 Å². The predicted molar refractivity (Wildman–Crippen MR) is 117 cm³/mol. The fraction of sp³-hybridized carbons (Fsp3) is 0.154. The SMILES string of the molecule is O=C(Cc1ccc2c(c1)COC2)C1=NC(c2cccc(Oc3ccccc3)c2)=CC1. The number of fused-ring (bicyclic) bond motifs is 1. The van der Waals surface area contributed by atoms with Crippen LogP contribution in [0.1, 0.15) is 28.7 Å². The Morgan fingerprint density at radius 1 is 0.900 bits per heavy atom. The Bertz CT molecular complexity index is 1160. The van der Waals surface area contributed by atoms with Crippen molar-refractivity contribution in [1.82, 2.24) is 0 Å². The number of allylic oxidation sites excluding steroid dienone is 1. The molecule has 2 aliphatic heterocycles. The van der Waals surface area contributed by atoms with Gasteiger partial charge >= 0.3 is 0 Å². The minimum atomic E-state index is 0.0665. The molecule has 0 radical (unpaired) electrons. The van der Waals surface area contributed by atoms with Gasteiger partial charge in [-0.25, -0.2) is 4.99 Å². The lowest BCUT2D eigenvalue weighted by atomic mass is 10.0. The number of Topliss-reactive ketones (excluding diaryl/α,β-unsaturated/α-hetero) is 1. The summed E-state index contributed by atoms with van der Waals surface area (Å²) < 4.78 is 11.4. The van der Waals surface area contributed by atoms with Crippen molar-refractivity contribution < 1.29 is 14.3 Å². The number of para-hydroxylation sites is 1. The number of ether oxygens (including phenoxy) is 2. The van der Waals surface area contributed by atoms with Crippen LogP contribution in [0.4, 0.5) is 0 Å². The maximum Gasteiger partial charge on any atom is 0.181 e. The van der Waals surface area contributed by atoms with E-state index in [1.807, 2.05) is 66.7 Å². The van der Waals surface area contributed by atoms with Crippen LogP contribution in [0.2, 0.25) is 0 Å². The minimum Gasteiger partial charge on any atom is -0.457 e. The van der Waals surface area contributed by atoms with Gasteiger partial charge in [0.2, 0.25) is 0 Å². The number of carbonyl (C=O) groups is 1. The number of ketones is 1. The summed E-state index contributed by atoms with van der Waals surface area (Å²) in [7, 11) is 0. The Morgan fingerprint density at radius 2 is 1.73 bits per heavy atom. The molecule has 0 saturated heterocycles. The standard InChI is InChI=1S/C26H21NO3/c28-26(14-18-9-10-20-16-29-17-21(20)13-18)25-12-11-24(27-25)19-5-4-8-23(15-19)30-22-6-2-1-3-7-22/h1-11,13,15H,12,14,16-17H2. The van der Waals surface area contributed by atoms with Crippen LogP contribution in [-0.2, 0) is 29.2 Å². The van der Waals surface area contributed by atoms with Gasteiger partial charge in [0.1, 0.15) is 11.5 Å². The van der Waals surface area contributed by atoms with Crippen molar-refractivity contribution in [2.75, 3.05) is 0 Å². The Morgan fingerprint density at radius 3 is 2.63 bits per heavy atom. The van der Waals surface area contributed by atoms with Crippen LogP contribution in [0.3, 0.4) is 0 Å². The Hall–Kier alpha value is -3.50. The number of benzene rings is 3. The Kier molecular flexibility index (Phi) is 4.99. The van der Waals surface area contributed by atoms with Gasteiger partial charge in [-0.15, -0.1) is 0 Å². The summed E-state index contributed by atoms with van der Waals surface area (Å²) in [6.45, 7) is 1.29. The quantitative estimate of drug-likeness (QED) is 0.553. The molecular formula is C26H21NO3. The molecule has 0 fully saturated rings. The summed E-state index contributed by atoms with van der Waals surface area (Å²) in [4.78, 5) is 17.4. The van der Waals surface area contributed by atoms with Crippen LogP contribution in [0.15, 0.2) is 83.9 Å². The van der Waals surface area contributed by atoms with Crippen molar-refractivity contribution in [3.05, 3.63) is 101 Å². The number of carbonyl (C=O) groups excluding carboxylic acids is 1. The average Bonchev–Trinajstić information content (AvgIpc) is 3.44. The van der Waals surface area contributed by atoms with Crippen LogP contribution in [0, 0.1) is 0 Å². The van der Waals surface area contributed by atoms with Crippen molar-refractivity contribution in [2.24, 2.45) is 4.99 Å². The summed E-state index contributed by atoms with van der Waals surface area (Å²) in [6, 6.07) is 23.6. The highest BCUT2D eigenvalue weighted by Crippen LogP contribution is 2.28. The molecule has 30 heavy (non-hydrogen) atoms. The second-order valence-corrected chi connectivity index (χ2v) is 7.49. The number of rotatable bonds is 6. The highest BCUT2D eigenvalue weighted by molar-refractivity contribution is 6.42. The molecule has 0 bridgehead atoms. The number of aliphatic imine (C=N–C) groups is 1. The van der Waals surface area contributed by atoms with Crippen molar-refractivity contribution in [1.29, 1.82) is 0 Å². The Balaban J connectivity index is 1.28. The molecule has 0 atom stereocenters. The van der Waals surface area contributed by atoms with Crippen LogP contribution in [0.5, 0.6) is 11.5 Å². The molecule has 0 spiro atoms. The van der Waals surface area contributed by atoms with E-state index in [1.165, 1.54) is 11.1 Å². The highest BCUT2D eigenvalue weighted by Gasteiger charge is 2.19. The number of nitrogens with zero attached hydrogens (tertiary/aromatic N) is 1. The first-order valence-electron chi connectivity index (χ1n) is 10.1. The monoisotopic (exact) mass is 395 g/mol. The molecule has 0 N–H and O–H groups in total. The first kappa shape index (κ1) is 18.5. The van der Waals surface area contributed by atoms with Crippen LogP contribution < -0.4 is 4.74 Å². The zero-order valence-corrected chi connectivity index (χ0v) is 16.5. The maximum absolute atomic E-state index is 12.8. The smallest absolute Gasteiger partial charge is 0.181 e. The zero-order valence-electron chi connectivity index (χ0n) is 16.5. The van der Waals surface area contributed by atoms with E-state index in [4.69, 9.17) is 9.47 Å². The highest BCUT2D eigenvalue weighted by atomic mass is 16.5. The molecule has 2 aliphatic rings. The first-order chi connectivity index (χ1) is 14.7. The van der Waals surface area contributed by atoms with E-state index in [0.717, 1.165) is 28.3 Å². The van der Waals surface area contributed by atoms with E-state index in [1.54, 1.807) is 0 Å². The minimum absolute atomic E-state index is 0.0665. The third-order valence-corrected chi connectivity index (χ3v) is 5.33. The second-order valence-electron chi connectivity index (χ2n) is 7.49. The fourth-order valence-electron chi connectivity index (χ4n) is 3.75. The molecule has 2 heterocycles. The third kappa shape index (κ3) is 3.95. The summed E-state index contributed by atoms with van der Waals surface area (Å²) in [5, 5.41) is 0. The maximum atomic E-state index is 12.8. The summed E-state index contributed by atoms with van der Waals surface area (Å²) in [5.74, 6) is 1.60.